The van der Waals surface area contributed by atoms with Crippen molar-refractivity contribution < 1.29 is 0 Å². The van der Waals surface area contributed by atoms with E-state index in [1.165, 1.54) is 32.1 Å². The Kier molecular flexibility index (Phi) is 3.64. The van der Waals surface area contributed by atoms with E-state index < -0.39 is 0 Å². The first kappa shape index (κ1) is 11.6. The van der Waals surface area contributed by atoms with E-state index in [0.717, 1.165) is 11.6 Å². The largest absolute Gasteiger partial charge is 0.388 e. The van der Waals surface area contributed by atoms with Crippen molar-refractivity contribution in [3.05, 3.63) is 24.0 Å². The Bertz CT molecular complexity index is 370. The summed E-state index contributed by atoms with van der Waals surface area (Å²) in [4.78, 5) is 0.517. The first-order valence-electron chi connectivity index (χ1n) is 6.19. The molecule has 1 aromatic rings. The predicted molar refractivity (Wildman–Crippen MR) is 71.6 cm³/mol. The maximum absolute atomic E-state index is 5.74. The molecule has 2 nitrogen and oxygen atoms in total. The van der Waals surface area contributed by atoms with Gasteiger partial charge in [-0.25, -0.2) is 0 Å². The highest BCUT2D eigenvalue weighted by molar-refractivity contribution is 7.80. The van der Waals surface area contributed by atoms with Crippen molar-refractivity contribution in [3.8, 4) is 0 Å². The zero-order chi connectivity index (χ0) is 11.5. The second-order valence-corrected chi connectivity index (χ2v) is 5.20. The molecule has 0 aromatic carbocycles. The maximum Gasteiger partial charge on any atom is 0.120 e. The molecule has 1 fully saturated rings. The van der Waals surface area contributed by atoms with Crippen molar-refractivity contribution in [2.45, 2.75) is 45.1 Å². The summed E-state index contributed by atoms with van der Waals surface area (Å²) in [6, 6.07) is 4.67. The van der Waals surface area contributed by atoms with E-state index in [1.54, 1.807) is 0 Å². The molecular formula is C13H20N2S. The fourth-order valence-electron chi connectivity index (χ4n) is 2.81. The van der Waals surface area contributed by atoms with Crippen molar-refractivity contribution in [2.75, 3.05) is 0 Å². The minimum Gasteiger partial charge on any atom is -0.388 e. The molecule has 1 heterocycles. The lowest BCUT2D eigenvalue weighted by Gasteiger charge is -2.30. The first-order chi connectivity index (χ1) is 7.72. The van der Waals surface area contributed by atoms with Gasteiger partial charge in [-0.15, -0.1) is 0 Å². The van der Waals surface area contributed by atoms with E-state index in [1.807, 2.05) is 12.1 Å². The summed E-state index contributed by atoms with van der Waals surface area (Å²) < 4.78 is 2.28. The molecule has 3 heteroatoms. The smallest absolute Gasteiger partial charge is 0.120 e. The van der Waals surface area contributed by atoms with Crippen LogP contribution >= 0.6 is 12.2 Å². The topological polar surface area (TPSA) is 30.9 Å². The van der Waals surface area contributed by atoms with Crippen LogP contribution in [0.5, 0.6) is 0 Å². The molecule has 1 aliphatic carbocycles. The van der Waals surface area contributed by atoms with Gasteiger partial charge >= 0.3 is 0 Å². The molecule has 88 valence electrons. The number of thiocarbonyl (C=S) groups is 1. The maximum atomic E-state index is 5.74. The summed E-state index contributed by atoms with van der Waals surface area (Å²) in [5.41, 5.74) is 6.77. The lowest BCUT2D eigenvalue weighted by molar-refractivity contribution is 0.261. The van der Waals surface area contributed by atoms with Gasteiger partial charge in [0.1, 0.15) is 4.99 Å². The molecule has 2 N–H and O–H groups in total. The van der Waals surface area contributed by atoms with E-state index in [0.29, 0.717) is 11.0 Å². The van der Waals surface area contributed by atoms with Gasteiger partial charge in [0.25, 0.3) is 0 Å². The highest BCUT2D eigenvalue weighted by atomic mass is 32.1. The lowest BCUT2D eigenvalue weighted by atomic mass is 9.84. The van der Waals surface area contributed by atoms with Gasteiger partial charge in [-0.05, 0) is 30.9 Å². The number of hydrogen-bond donors (Lipinski definition) is 1. The van der Waals surface area contributed by atoms with Gasteiger partial charge in [0.15, 0.2) is 0 Å². The number of rotatable bonds is 3. The monoisotopic (exact) mass is 236 g/mol. The van der Waals surface area contributed by atoms with Crippen molar-refractivity contribution in [2.24, 2.45) is 11.7 Å². The van der Waals surface area contributed by atoms with Crippen LogP contribution in [-0.4, -0.2) is 9.56 Å². The molecule has 0 spiro atoms. The van der Waals surface area contributed by atoms with Crippen LogP contribution in [0, 0.1) is 5.92 Å². The molecule has 2 rings (SSSR count). The van der Waals surface area contributed by atoms with Crippen LogP contribution in [0.3, 0.4) is 0 Å². The second-order valence-electron chi connectivity index (χ2n) is 4.76. The minimum absolute atomic E-state index is 0.517. The lowest BCUT2D eigenvalue weighted by Crippen LogP contribution is -2.23. The van der Waals surface area contributed by atoms with Gasteiger partial charge in [0.05, 0.1) is 5.69 Å². The Morgan fingerprint density at radius 1 is 1.56 bits per heavy atom. The fourth-order valence-corrected chi connectivity index (χ4v) is 2.98. The number of nitrogens with two attached hydrogens (primary N) is 1. The summed E-state index contributed by atoms with van der Waals surface area (Å²) in [6.07, 6.45) is 8.67. The standard InChI is InChI=1S/C13H20N2S/c1-2-10-5-3-6-11(9-10)15-8-4-7-12(15)13(14)16/h4,7-8,10-11H,2-3,5-6,9H2,1H3,(H2,14,16). The molecule has 0 bridgehead atoms. The highest BCUT2D eigenvalue weighted by Crippen LogP contribution is 2.34. The molecule has 0 aliphatic heterocycles. The number of hydrogen-bond acceptors (Lipinski definition) is 1. The van der Waals surface area contributed by atoms with Crippen LogP contribution in [0.25, 0.3) is 0 Å². The zero-order valence-corrected chi connectivity index (χ0v) is 10.7. The van der Waals surface area contributed by atoms with Crippen LogP contribution in [0.2, 0.25) is 0 Å². The molecular weight excluding hydrogens is 216 g/mol. The Morgan fingerprint density at radius 3 is 3.06 bits per heavy atom. The van der Waals surface area contributed by atoms with Gasteiger partial charge in [0, 0.05) is 12.2 Å². The summed E-state index contributed by atoms with van der Waals surface area (Å²) in [5, 5.41) is 0. The quantitative estimate of drug-likeness (QED) is 0.817. The van der Waals surface area contributed by atoms with Gasteiger partial charge in [-0.2, -0.15) is 0 Å². The normalized spacial score (nSPS) is 25.6. The Hall–Kier alpha value is -0.830. The third-order valence-electron chi connectivity index (χ3n) is 3.76. The van der Waals surface area contributed by atoms with E-state index in [-0.39, 0.29) is 0 Å². The van der Waals surface area contributed by atoms with Crippen LogP contribution in [-0.2, 0) is 0 Å². The number of nitrogens with zero attached hydrogens (tertiary/aromatic N) is 1. The summed E-state index contributed by atoms with van der Waals surface area (Å²) >= 11 is 5.09. The molecule has 0 saturated heterocycles. The highest BCUT2D eigenvalue weighted by Gasteiger charge is 2.23. The third-order valence-corrected chi connectivity index (χ3v) is 3.97. The van der Waals surface area contributed by atoms with Gasteiger partial charge in [-0.3, -0.25) is 0 Å². The number of aromatic nitrogens is 1. The zero-order valence-electron chi connectivity index (χ0n) is 9.86. The molecule has 0 radical (unpaired) electrons. The summed E-state index contributed by atoms with van der Waals surface area (Å²) in [5.74, 6) is 0.875. The average molecular weight is 236 g/mol. The van der Waals surface area contributed by atoms with Crippen LogP contribution in [0.1, 0.15) is 50.8 Å². The molecule has 2 atom stereocenters. The second kappa shape index (κ2) is 5.00. The van der Waals surface area contributed by atoms with Gasteiger partial charge < -0.3 is 10.3 Å². The minimum atomic E-state index is 0.517. The fraction of sp³-hybridized carbons (Fsp3) is 0.615. The Balaban J connectivity index is 2.16. The predicted octanol–water partition coefficient (Wildman–Crippen LogP) is 3.26. The van der Waals surface area contributed by atoms with E-state index in [9.17, 15) is 0 Å². The van der Waals surface area contributed by atoms with Crippen molar-refractivity contribution in [3.63, 3.8) is 0 Å². The van der Waals surface area contributed by atoms with Crippen LogP contribution in [0.4, 0.5) is 0 Å². The van der Waals surface area contributed by atoms with E-state index in [4.69, 9.17) is 18.0 Å². The van der Waals surface area contributed by atoms with E-state index >= 15 is 0 Å². The van der Waals surface area contributed by atoms with Gasteiger partial charge in [-0.1, -0.05) is 38.4 Å². The van der Waals surface area contributed by atoms with Crippen LogP contribution < -0.4 is 5.73 Å². The summed E-state index contributed by atoms with van der Waals surface area (Å²) in [6.45, 7) is 2.29. The van der Waals surface area contributed by atoms with Gasteiger partial charge in [0.2, 0.25) is 0 Å². The molecule has 1 aliphatic rings. The van der Waals surface area contributed by atoms with Crippen LogP contribution in [0.15, 0.2) is 18.3 Å². The molecule has 16 heavy (non-hydrogen) atoms. The Labute approximate surface area is 103 Å². The SMILES string of the molecule is CCC1CCCC(n2cccc2C(N)=S)C1. The first-order valence-corrected chi connectivity index (χ1v) is 6.59. The van der Waals surface area contributed by atoms with Crippen molar-refractivity contribution in [1.29, 1.82) is 0 Å². The average Bonchev–Trinajstić information content (AvgIpc) is 2.78. The molecule has 2 unspecified atom stereocenters. The van der Waals surface area contributed by atoms with Crippen molar-refractivity contribution in [1.82, 2.24) is 4.57 Å². The molecule has 1 saturated carbocycles. The van der Waals surface area contributed by atoms with E-state index in [2.05, 4.69) is 17.7 Å². The molecule has 0 amide bonds. The molecule has 1 aromatic heterocycles. The third kappa shape index (κ3) is 2.29. The summed E-state index contributed by atoms with van der Waals surface area (Å²) in [7, 11) is 0. The van der Waals surface area contributed by atoms with Crippen molar-refractivity contribution >= 4 is 17.2 Å². The Morgan fingerprint density at radius 2 is 2.38 bits per heavy atom.